The molecule has 0 saturated carbocycles. The number of carbonyl (C=O) groups excluding carboxylic acids is 2. The van der Waals surface area contributed by atoms with E-state index in [4.69, 9.17) is 9.57 Å². The van der Waals surface area contributed by atoms with Gasteiger partial charge in [0.05, 0.1) is 18.6 Å². The lowest BCUT2D eigenvalue weighted by Crippen LogP contribution is -2.56. The van der Waals surface area contributed by atoms with Crippen molar-refractivity contribution in [3.63, 3.8) is 0 Å². The lowest BCUT2D eigenvalue weighted by atomic mass is 9.78. The van der Waals surface area contributed by atoms with Crippen LogP contribution in [-0.2, 0) is 25.8 Å². The highest BCUT2D eigenvalue weighted by molar-refractivity contribution is 5.88. The Morgan fingerprint density at radius 2 is 2.00 bits per heavy atom. The van der Waals surface area contributed by atoms with Gasteiger partial charge in [-0.25, -0.2) is 5.06 Å². The maximum absolute atomic E-state index is 12.5. The molecule has 1 aromatic rings. The molecule has 2 heterocycles. The Morgan fingerprint density at radius 1 is 1.30 bits per heavy atom. The van der Waals surface area contributed by atoms with E-state index in [0.29, 0.717) is 19.4 Å². The maximum Gasteiger partial charge on any atom is 0.311 e. The molecule has 23 heavy (non-hydrogen) atoms. The molecule has 6 heteroatoms. The van der Waals surface area contributed by atoms with Crippen molar-refractivity contribution in [1.82, 2.24) is 10.4 Å². The van der Waals surface area contributed by atoms with Gasteiger partial charge in [0.1, 0.15) is 6.61 Å². The van der Waals surface area contributed by atoms with E-state index < -0.39 is 11.5 Å². The zero-order chi connectivity index (χ0) is 16.3. The summed E-state index contributed by atoms with van der Waals surface area (Å²) >= 11 is 0. The number of carbonyl (C=O) groups is 2. The van der Waals surface area contributed by atoms with Crippen LogP contribution in [0.5, 0.6) is 0 Å². The number of rotatable bonds is 4. The summed E-state index contributed by atoms with van der Waals surface area (Å²) in [5, 5.41) is 4.74. The number of hydrogen-bond acceptors (Lipinski definition) is 5. The van der Waals surface area contributed by atoms with Crippen molar-refractivity contribution >= 4 is 11.9 Å². The van der Waals surface area contributed by atoms with Crippen molar-refractivity contribution in [3.05, 3.63) is 35.9 Å². The van der Waals surface area contributed by atoms with Crippen LogP contribution in [0.4, 0.5) is 0 Å². The number of ether oxygens (including phenoxy) is 1. The molecule has 1 amide bonds. The van der Waals surface area contributed by atoms with Gasteiger partial charge in [-0.05, 0) is 31.5 Å². The first-order valence-electron chi connectivity index (χ1n) is 7.96. The third-order valence-corrected chi connectivity index (χ3v) is 4.82. The van der Waals surface area contributed by atoms with Crippen molar-refractivity contribution in [1.29, 1.82) is 0 Å². The monoisotopic (exact) mass is 318 g/mol. The van der Waals surface area contributed by atoms with Gasteiger partial charge in [0, 0.05) is 6.42 Å². The van der Waals surface area contributed by atoms with Gasteiger partial charge in [0.25, 0.3) is 0 Å². The highest BCUT2D eigenvalue weighted by atomic mass is 16.7. The van der Waals surface area contributed by atoms with Gasteiger partial charge >= 0.3 is 5.97 Å². The first-order valence-corrected chi connectivity index (χ1v) is 7.96. The Morgan fingerprint density at radius 3 is 2.65 bits per heavy atom. The third kappa shape index (κ3) is 2.96. The predicted octanol–water partition coefficient (Wildman–Crippen LogP) is 1.26. The van der Waals surface area contributed by atoms with Crippen molar-refractivity contribution in [3.8, 4) is 0 Å². The second-order valence-corrected chi connectivity index (χ2v) is 6.08. The van der Waals surface area contributed by atoms with Crippen LogP contribution in [0.15, 0.2) is 30.3 Å². The number of hydroxylamine groups is 2. The standard InChI is InChI=1S/C17H22N2O4/c1-22-16(21)14-11-15(20)19(17(14)7-9-18-10-8-17)23-12-13-5-3-2-4-6-13/h2-6,14,18H,7-12H2,1H3. The van der Waals surface area contributed by atoms with Crippen LogP contribution in [0.2, 0.25) is 0 Å². The molecule has 2 fully saturated rings. The number of methoxy groups -OCH3 is 1. The zero-order valence-electron chi connectivity index (χ0n) is 13.3. The van der Waals surface area contributed by atoms with Gasteiger partial charge < -0.3 is 10.1 Å². The molecule has 2 aliphatic heterocycles. The fourth-order valence-corrected chi connectivity index (χ4v) is 3.61. The zero-order valence-corrected chi connectivity index (χ0v) is 13.3. The van der Waals surface area contributed by atoms with E-state index in [-0.39, 0.29) is 18.3 Å². The second kappa shape index (κ2) is 6.68. The first-order chi connectivity index (χ1) is 11.2. The summed E-state index contributed by atoms with van der Waals surface area (Å²) < 4.78 is 4.93. The minimum Gasteiger partial charge on any atom is -0.469 e. The molecule has 1 aromatic carbocycles. The molecule has 124 valence electrons. The van der Waals surface area contributed by atoms with Crippen LogP contribution < -0.4 is 5.32 Å². The SMILES string of the molecule is COC(=O)C1CC(=O)N(OCc2ccccc2)C12CCNCC2. The topological polar surface area (TPSA) is 67.9 Å². The van der Waals surface area contributed by atoms with Gasteiger partial charge in [-0.15, -0.1) is 0 Å². The second-order valence-electron chi connectivity index (χ2n) is 6.08. The fourth-order valence-electron chi connectivity index (χ4n) is 3.61. The first kappa shape index (κ1) is 16.0. The molecular weight excluding hydrogens is 296 g/mol. The maximum atomic E-state index is 12.5. The predicted molar refractivity (Wildman–Crippen MR) is 83.0 cm³/mol. The number of piperidine rings is 1. The fraction of sp³-hybridized carbons (Fsp3) is 0.529. The van der Waals surface area contributed by atoms with Crippen LogP contribution in [0.25, 0.3) is 0 Å². The van der Waals surface area contributed by atoms with Gasteiger partial charge in [-0.2, -0.15) is 0 Å². The van der Waals surface area contributed by atoms with E-state index in [1.165, 1.54) is 12.2 Å². The van der Waals surface area contributed by atoms with Crippen molar-refractivity contribution < 1.29 is 19.2 Å². The molecule has 1 spiro atoms. The summed E-state index contributed by atoms with van der Waals surface area (Å²) in [7, 11) is 1.37. The molecule has 0 aromatic heterocycles. The normalized spacial score (nSPS) is 23.3. The van der Waals surface area contributed by atoms with Gasteiger partial charge in [0.15, 0.2) is 0 Å². The Kier molecular flexibility index (Phi) is 4.63. The van der Waals surface area contributed by atoms with E-state index in [9.17, 15) is 9.59 Å². The van der Waals surface area contributed by atoms with E-state index >= 15 is 0 Å². The molecular formula is C17H22N2O4. The molecule has 3 rings (SSSR count). The lowest BCUT2D eigenvalue weighted by Gasteiger charge is -2.42. The van der Waals surface area contributed by atoms with Crippen LogP contribution in [0.3, 0.4) is 0 Å². The van der Waals surface area contributed by atoms with Gasteiger partial charge in [-0.3, -0.25) is 14.4 Å². The Hall–Kier alpha value is -1.92. The summed E-state index contributed by atoms with van der Waals surface area (Å²) in [4.78, 5) is 30.5. The molecule has 0 bridgehead atoms. The Balaban J connectivity index is 1.81. The molecule has 0 radical (unpaired) electrons. The highest BCUT2D eigenvalue weighted by Crippen LogP contribution is 2.43. The van der Waals surface area contributed by atoms with E-state index in [1.807, 2.05) is 30.3 Å². The lowest BCUT2D eigenvalue weighted by molar-refractivity contribution is -0.226. The highest BCUT2D eigenvalue weighted by Gasteiger charge is 2.57. The van der Waals surface area contributed by atoms with E-state index in [1.54, 1.807) is 0 Å². The average molecular weight is 318 g/mol. The number of esters is 1. The van der Waals surface area contributed by atoms with Crippen molar-refractivity contribution in [2.45, 2.75) is 31.4 Å². The summed E-state index contributed by atoms with van der Waals surface area (Å²) in [6, 6.07) is 9.71. The summed E-state index contributed by atoms with van der Waals surface area (Å²) in [5.41, 5.74) is 0.399. The van der Waals surface area contributed by atoms with Crippen molar-refractivity contribution in [2.24, 2.45) is 5.92 Å². The van der Waals surface area contributed by atoms with Crippen molar-refractivity contribution in [2.75, 3.05) is 20.2 Å². The molecule has 1 unspecified atom stereocenters. The molecule has 1 atom stereocenters. The molecule has 2 saturated heterocycles. The number of nitrogens with zero attached hydrogens (tertiary/aromatic N) is 1. The molecule has 0 aliphatic carbocycles. The summed E-state index contributed by atoms with van der Waals surface area (Å²) in [5.74, 6) is -0.929. The number of hydrogen-bond donors (Lipinski definition) is 1. The Bertz CT molecular complexity index is 569. The van der Waals surface area contributed by atoms with E-state index in [2.05, 4.69) is 5.32 Å². The molecule has 6 nitrogen and oxygen atoms in total. The van der Waals surface area contributed by atoms with Gasteiger partial charge in [0.2, 0.25) is 5.91 Å². The minimum atomic E-state index is -0.593. The average Bonchev–Trinajstić information content (AvgIpc) is 2.85. The van der Waals surface area contributed by atoms with Crippen LogP contribution in [0, 0.1) is 5.92 Å². The van der Waals surface area contributed by atoms with E-state index in [0.717, 1.165) is 18.7 Å². The smallest absolute Gasteiger partial charge is 0.311 e. The minimum absolute atomic E-state index is 0.141. The summed E-state index contributed by atoms with van der Waals surface area (Å²) in [6.45, 7) is 1.83. The largest absolute Gasteiger partial charge is 0.469 e. The van der Waals surface area contributed by atoms with Crippen LogP contribution in [0.1, 0.15) is 24.8 Å². The Labute approximate surface area is 135 Å². The number of benzene rings is 1. The van der Waals surface area contributed by atoms with Gasteiger partial charge in [-0.1, -0.05) is 30.3 Å². The quantitative estimate of drug-likeness (QED) is 0.847. The third-order valence-electron chi connectivity index (χ3n) is 4.82. The number of amides is 1. The van der Waals surface area contributed by atoms with Crippen LogP contribution >= 0.6 is 0 Å². The molecule has 1 N–H and O–H groups in total. The summed E-state index contributed by atoms with van der Waals surface area (Å²) in [6.07, 6.45) is 1.53. The molecule has 2 aliphatic rings. The van der Waals surface area contributed by atoms with Crippen LogP contribution in [-0.4, -0.2) is 42.7 Å². The number of nitrogens with one attached hydrogen (secondary N) is 1.